The van der Waals surface area contributed by atoms with Crippen LogP contribution in [0.3, 0.4) is 0 Å². The molecule has 4 nitrogen and oxygen atoms in total. The molecule has 0 atom stereocenters. The van der Waals surface area contributed by atoms with Gasteiger partial charge < -0.3 is 0 Å². The number of allylic oxidation sites excluding steroid dienone is 4. The third-order valence-corrected chi connectivity index (χ3v) is 2.97. The van der Waals surface area contributed by atoms with Crippen LogP contribution in [0.15, 0.2) is 23.5 Å². The van der Waals surface area contributed by atoms with E-state index in [9.17, 15) is 0 Å². The largest absolute Gasteiger partial charge is 0.384 e. The van der Waals surface area contributed by atoms with Crippen molar-refractivity contribution < 1.29 is 9.05 Å². The van der Waals surface area contributed by atoms with Gasteiger partial charge in [0, 0.05) is 11.4 Å². The fourth-order valence-electron chi connectivity index (χ4n) is 0.545. The van der Waals surface area contributed by atoms with Crippen LogP contribution in [0.4, 0.5) is 0 Å². The standard InChI is InChI=1S/C10H22N2O2Si/c1-7-9(3)11-13-15(5,6)14-12-10(4)8-2/h7-8,11-12H,1-6H3. The first-order chi connectivity index (χ1) is 6.91. The summed E-state index contributed by atoms with van der Waals surface area (Å²) in [5.41, 5.74) is 7.65. The van der Waals surface area contributed by atoms with E-state index >= 15 is 0 Å². The second-order valence-corrected chi connectivity index (χ2v) is 6.96. The summed E-state index contributed by atoms with van der Waals surface area (Å²) in [7, 11) is -2.17. The highest BCUT2D eigenvalue weighted by atomic mass is 28.4. The Morgan fingerprint density at radius 3 is 1.53 bits per heavy atom. The van der Waals surface area contributed by atoms with Crippen LogP contribution in [0.1, 0.15) is 27.7 Å². The van der Waals surface area contributed by atoms with Gasteiger partial charge in [0.15, 0.2) is 0 Å². The molecule has 0 rings (SSSR count). The Kier molecular flexibility index (Phi) is 6.31. The van der Waals surface area contributed by atoms with Crippen molar-refractivity contribution in [1.29, 1.82) is 0 Å². The molecule has 0 saturated carbocycles. The van der Waals surface area contributed by atoms with Gasteiger partial charge in [-0.25, -0.2) is 0 Å². The van der Waals surface area contributed by atoms with Gasteiger partial charge in [0.25, 0.3) is 0 Å². The lowest BCUT2D eigenvalue weighted by atomic mass is 10.5. The maximum Gasteiger partial charge on any atom is 0.384 e. The Morgan fingerprint density at radius 1 is 0.933 bits per heavy atom. The molecule has 88 valence electrons. The normalized spacial score (nSPS) is 14.0. The molecule has 0 aromatic heterocycles. The van der Waals surface area contributed by atoms with Crippen molar-refractivity contribution in [3.8, 4) is 0 Å². The second kappa shape index (κ2) is 6.65. The lowest BCUT2D eigenvalue weighted by Crippen LogP contribution is -2.43. The highest BCUT2D eigenvalue weighted by Crippen LogP contribution is 2.04. The number of nitrogens with one attached hydrogen (secondary N) is 2. The van der Waals surface area contributed by atoms with E-state index in [2.05, 4.69) is 11.0 Å². The molecule has 0 heterocycles. The Hall–Kier alpha value is -0.783. The Labute approximate surface area is 93.5 Å². The number of hydrogen-bond donors (Lipinski definition) is 2. The average molecular weight is 230 g/mol. The smallest absolute Gasteiger partial charge is 0.286 e. The summed E-state index contributed by atoms with van der Waals surface area (Å²) in [6.07, 6.45) is 3.88. The van der Waals surface area contributed by atoms with Gasteiger partial charge in [-0.2, -0.15) is 0 Å². The molecular weight excluding hydrogens is 208 g/mol. The molecule has 0 radical (unpaired) electrons. The van der Waals surface area contributed by atoms with Crippen LogP contribution in [0, 0.1) is 0 Å². The number of rotatable bonds is 6. The lowest BCUT2D eigenvalue weighted by Gasteiger charge is -2.23. The van der Waals surface area contributed by atoms with Gasteiger partial charge in [0.1, 0.15) is 0 Å². The summed E-state index contributed by atoms with van der Waals surface area (Å²) in [5.74, 6) is 0. The molecule has 15 heavy (non-hydrogen) atoms. The maximum absolute atomic E-state index is 5.49. The zero-order valence-corrected chi connectivity index (χ0v) is 11.5. The van der Waals surface area contributed by atoms with Gasteiger partial charge in [0.05, 0.1) is 0 Å². The quantitative estimate of drug-likeness (QED) is 0.543. The van der Waals surface area contributed by atoms with Crippen molar-refractivity contribution in [2.24, 2.45) is 0 Å². The topological polar surface area (TPSA) is 42.5 Å². The van der Waals surface area contributed by atoms with Gasteiger partial charge in [-0.3, -0.25) is 20.0 Å². The van der Waals surface area contributed by atoms with E-state index in [0.29, 0.717) is 0 Å². The van der Waals surface area contributed by atoms with E-state index in [0.717, 1.165) is 11.4 Å². The molecule has 0 aromatic rings. The number of hydrogen-bond acceptors (Lipinski definition) is 4. The molecule has 0 aliphatic carbocycles. The van der Waals surface area contributed by atoms with E-state index in [4.69, 9.17) is 9.05 Å². The van der Waals surface area contributed by atoms with E-state index in [1.54, 1.807) is 0 Å². The first-order valence-electron chi connectivity index (χ1n) is 5.05. The molecule has 0 unspecified atom stereocenters. The van der Waals surface area contributed by atoms with Crippen LogP contribution in [0.2, 0.25) is 13.1 Å². The lowest BCUT2D eigenvalue weighted by molar-refractivity contribution is 0.0968. The van der Waals surface area contributed by atoms with E-state index in [1.165, 1.54) is 0 Å². The Morgan fingerprint density at radius 2 is 1.27 bits per heavy atom. The van der Waals surface area contributed by atoms with Crippen LogP contribution in [-0.4, -0.2) is 8.56 Å². The fourth-order valence-corrected chi connectivity index (χ4v) is 1.40. The van der Waals surface area contributed by atoms with Gasteiger partial charge in [-0.1, -0.05) is 12.2 Å². The molecule has 0 saturated heterocycles. The summed E-state index contributed by atoms with van der Waals surface area (Å²) in [4.78, 5) is 0. The molecule has 2 N–H and O–H groups in total. The SMILES string of the molecule is CC=C(C)NO[Si](C)(C)ONC(C)=CC. The summed E-state index contributed by atoms with van der Waals surface area (Å²) in [6.45, 7) is 11.7. The molecule has 0 bridgehead atoms. The molecule has 0 spiro atoms. The summed E-state index contributed by atoms with van der Waals surface area (Å²) in [5, 5.41) is 0. The first-order valence-corrected chi connectivity index (χ1v) is 7.87. The third-order valence-electron chi connectivity index (χ3n) is 1.78. The van der Waals surface area contributed by atoms with E-state index < -0.39 is 8.56 Å². The van der Waals surface area contributed by atoms with Crippen LogP contribution < -0.4 is 11.0 Å². The minimum atomic E-state index is -2.17. The van der Waals surface area contributed by atoms with Crippen LogP contribution in [-0.2, 0) is 9.05 Å². The molecule has 5 heteroatoms. The van der Waals surface area contributed by atoms with E-state index in [-0.39, 0.29) is 0 Å². The Balaban J connectivity index is 3.97. The second-order valence-electron chi connectivity index (χ2n) is 3.75. The predicted molar refractivity (Wildman–Crippen MR) is 64.8 cm³/mol. The van der Waals surface area contributed by atoms with Crippen molar-refractivity contribution in [1.82, 2.24) is 11.0 Å². The van der Waals surface area contributed by atoms with Gasteiger partial charge in [0.2, 0.25) is 0 Å². The zero-order chi connectivity index (χ0) is 11.9. The van der Waals surface area contributed by atoms with Crippen LogP contribution in [0.5, 0.6) is 0 Å². The van der Waals surface area contributed by atoms with Crippen molar-refractivity contribution in [3.63, 3.8) is 0 Å². The van der Waals surface area contributed by atoms with Gasteiger partial charge in [-0.15, -0.1) is 0 Å². The van der Waals surface area contributed by atoms with Crippen LogP contribution in [0.25, 0.3) is 0 Å². The summed E-state index contributed by atoms with van der Waals surface area (Å²) < 4.78 is 11.0. The molecule has 0 aromatic carbocycles. The van der Waals surface area contributed by atoms with Crippen molar-refractivity contribution in [2.45, 2.75) is 40.8 Å². The highest BCUT2D eigenvalue weighted by molar-refractivity contribution is 6.64. The van der Waals surface area contributed by atoms with E-state index in [1.807, 2.05) is 52.9 Å². The minimum Gasteiger partial charge on any atom is -0.286 e. The van der Waals surface area contributed by atoms with Gasteiger partial charge >= 0.3 is 8.56 Å². The molecular formula is C10H22N2O2Si. The Bertz CT molecular complexity index is 226. The third kappa shape index (κ3) is 7.18. The van der Waals surface area contributed by atoms with Crippen LogP contribution >= 0.6 is 0 Å². The molecule has 0 fully saturated rings. The number of hydroxylamine groups is 2. The first kappa shape index (κ1) is 14.2. The monoisotopic (exact) mass is 230 g/mol. The zero-order valence-electron chi connectivity index (χ0n) is 10.5. The molecule has 0 aliphatic heterocycles. The molecule has 0 aliphatic rings. The van der Waals surface area contributed by atoms with Gasteiger partial charge in [-0.05, 0) is 40.8 Å². The van der Waals surface area contributed by atoms with Crippen molar-refractivity contribution in [2.75, 3.05) is 0 Å². The summed E-state index contributed by atoms with van der Waals surface area (Å²) >= 11 is 0. The molecule has 0 amide bonds. The van der Waals surface area contributed by atoms with Crippen molar-refractivity contribution >= 4 is 8.56 Å². The van der Waals surface area contributed by atoms with Crippen molar-refractivity contribution in [3.05, 3.63) is 23.5 Å². The average Bonchev–Trinajstić information content (AvgIpc) is 2.22. The maximum atomic E-state index is 5.49. The highest BCUT2D eigenvalue weighted by Gasteiger charge is 2.26. The summed E-state index contributed by atoms with van der Waals surface area (Å²) in [6, 6.07) is 0. The predicted octanol–water partition coefficient (Wildman–Crippen LogP) is 2.58. The fraction of sp³-hybridized carbons (Fsp3) is 0.600. The minimum absolute atomic E-state index is 0.974.